The van der Waals surface area contributed by atoms with Gasteiger partial charge >= 0.3 is 0 Å². The van der Waals surface area contributed by atoms with Crippen molar-refractivity contribution in [3.05, 3.63) is 29.8 Å². The normalized spacial score (nSPS) is 19.0. The van der Waals surface area contributed by atoms with Gasteiger partial charge in [-0.1, -0.05) is 19.3 Å². The van der Waals surface area contributed by atoms with Gasteiger partial charge in [-0.15, -0.1) is 0 Å². The Bertz CT molecular complexity index is 630. The van der Waals surface area contributed by atoms with Gasteiger partial charge in [-0.05, 0) is 44.0 Å². The van der Waals surface area contributed by atoms with Crippen molar-refractivity contribution in [1.82, 2.24) is 4.90 Å². The summed E-state index contributed by atoms with van der Waals surface area (Å²) in [5, 5.41) is 5.64. The van der Waals surface area contributed by atoms with Gasteiger partial charge in [0, 0.05) is 24.4 Å². The zero-order chi connectivity index (χ0) is 16.4. The lowest BCUT2D eigenvalue weighted by Crippen LogP contribution is -2.38. The van der Waals surface area contributed by atoms with Crippen LogP contribution in [0.25, 0.3) is 0 Å². The molecule has 2 aliphatic rings. The van der Waals surface area contributed by atoms with Gasteiger partial charge in [-0.2, -0.15) is 5.10 Å². The Morgan fingerprint density at radius 3 is 2.39 bits per heavy atom. The van der Waals surface area contributed by atoms with Gasteiger partial charge in [0.1, 0.15) is 0 Å². The Balaban J connectivity index is 1.71. The molecule has 122 valence electrons. The van der Waals surface area contributed by atoms with Gasteiger partial charge in [0.05, 0.1) is 12.1 Å². The fraction of sp³-hybridized carbons (Fsp3) is 0.500. The third kappa shape index (κ3) is 3.28. The topological polar surface area (TPSA) is 53.0 Å². The first-order valence-electron chi connectivity index (χ1n) is 8.30. The van der Waals surface area contributed by atoms with E-state index in [1.807, 2.05) is 18.9 Å². The Hall–Kier alpha value is -2.17. The summed E-state index contributed by atoms with van der Waals surface area (Å²) in [4.78, 5) is 26.3. The molecule has 0 atom stereocenters. The molecular formula is C18H23N3O2. The SMILES string of the molecule is CC1=NN(c2ccc(C(=O)N(C)C3CCCCC3)cc2)C(=O)C1. The van der Waals surface area contributed by atoms with Crippen molar-refractivity contribution in [2.24, 2.45) is 5.10 Å². The Labute approximate surface area is 137 Å². The second-order valence-electron chi connectivity index (χ2n) is 6.47. The van der Waals surface area contributed by atoms with Crippen molar-refractivity contribution < 1.29 is 9.59 Å². The molecule has 1 saturated carbocycles. The summed E-state index contributed by atoms with van der Waals surface area (Å²) >= 11 is 0. The van der Waals surface area contributed by atoms with Crippen LogP contribution in [-0.4, -0.2) is 35.5 Å². The summed E-state index contributed by atoms with van der Waals surface area (Å²) in [6.07, 6.45) is 6.24. The van der Waals surface area contributed by atoms with E-state index in [4.69, 9.17) is 0 Å². The third-order valence-corrected chi connectivity index (χ3v) is 4.72. The van der Waals surface area contributed by atoms with Crippen molar-refractivity contribution in [2.75, 3.05) is 12.1 Å². The molecule has 0 spiro atoms. The molecule has 5 nitrogen and oxygen atoms in total. The molecule has 0 N–H and O–H groups in total. The van der Waals surface area contributed by atoms with E-state index < -0.39 is 0 Å². The molecule has 1 aliphatic heterocycles. The van der Waals surface area contributed by atoms with Crippen LogP contribution in [0.5, 0.6) is 0 Å². The number of carbonyl (C=O) groups excluding carboxylic acids is 2. The number of carbonyl (C=O) groups is 2. The second kappa shape index (κ2) is 6.52. The van der Waals surface area contributed by atoms with E-state index in [0.29, 0.717) is 23.7 Å². The van der Waals surface area contributed by atoms with E-state index in [1.54, 1.807) is 24.3 Å². The maximum atomic E-state index is 12.6. The highest BCUT2D eigenvalue weighted by Gasteiger charge is 2.25. The number of hydrazone groups is 1. The number of anilines is 1. The molecule has 3 rings (SSSR count). The summed E-state index contributed by atoms with van der Waals surface area (Å²) in [5.41, 5.74) is 2.19. The van der Waals surface area contributed by atoms with Gasteiger partial charge in [-0.3, -0.25) is 9.59 Å². The Morgan fingerprint density at radius 2 is 1.83 bits per heavy atom. The molecular weight excluding hydrogens is 290 g/mol. The highest BCUT2D eigenvalue weighted by atomic mass is 16.2. The first kappa shape index (κ1) is 15.7. The predicted octanol–water partition coefficient (Wildman–Crippen LogP) is 3.20. The Kier molecular flexibility index (Phi) is 4.46. The summed E-state index contributed by atoms with van der Waals surface area (Å²) < 4.78 is 0. The lowest BCUT2D eigenvalue weighted by atomic mass is 9.94. The van der Waals surface area contributed by atoms with E-state index in [1.165, 1.54) is 24.3 Å². The van der Waals surface area contributed by atoms with E-state index in [9.17, 15) is 9.59 Å². The minimum absolute atomic E-state index is 0.0269. The smallest absolute Gasteiger partial charge is 0.253 e. The van der Waals surface area contributed by atoms with Crippen LogP contribution >= 0.6 is 0 Å². The largest absolute Gasteiger partial charge is 0.339 e. The first-order chi connectivity index (χ1) is 11.1. The molecule has 1 fully saturated rings. The zero-order valence-corrected chi connectivity index (χ0v) is 13.8. The average molecular weight is 313 g/mol. The molecule has 5 heteroatoms. The summed E-state index contributed by atoms with van der Waals surface area (Å²) in [6.45, 7) is 1.84. The lowest BCUT2D eigenvalue weighted by molar-refractivity contribution is -0.116. The third-order valence-electron chi connectivity index (χ3n) is 4.72. The highest BCUT2D eigenvalue weighted by Crippen LogP contribution is 2.24. The average Bonchev–Trinajstić information content (AvgIpc) is 2.93. The molecule has 1 heterocycles. The summed E-state index contributed by atoms with van der Waals surface area (Å²) in [6, 6.07) is 7.51. The van der Waals surface area contributed by atoms with Crippen LogP contribution in [0.4, 0.5) is 5.69 Å². The van der Waals surface area contributed by atoms with Crippen LogP contribution in [0.15, 0.2) is 29.4 Å². The van der Waals surface area contributed by atoms with Crippen molar-refractivity contribution in [1.29, 1.82) is 0 Å². The van der Waals surface area contributed by atoms with Crippen molar-refractivity contribution in [3.8, 4) is 0 Å². The number of hydrogen-bond acceptors (Lipinski definition) is 3. The van der Waals surface area contributed by atoms with Crippen LogP contribution in [0.1, 0.15) is 55.8 Å². The van der Waals surface area contributed by atoms with Gasteiger partial charge in [0.2, 0.25) is 0 Å². The van der Waals surface area contributed by atoms with Gasteiger partial charge in [0.15, 0.2) is 0 Å². The van der Waals surface area contributed by atoms with Crippen molar-refractivity contribution in [2.45, 2.75) is 51.5 Å². The van der Waals surface area contributed by atoms with Gasteiger partial charge in [0.25, 0.3) is 11.8 Å². The van der Waals surface area contributed by atoms with Crippen LogP contribution < -0.4 is 5.01 Å². The van der Waals surface area contributed by atoms with Crippen molar-refractivity contribution in [3.63, 3.8) is 0 Å². The molecule has 1 aliphatic carbocycles. The molecule has 2 amide bonds. The number of benzene rings is 1. The molecule has 0 bridgehead atoms. The maximum absolute atomic E-state index is 12.6. The molecule has 1 aromatic carbocycles. The fourth-order valence-electron chi connectivity index (χ4n) is 3.34. The minimum atomic E-state index is -0.0269. The minimum Gasteiger partial charge on any atom is -0.339 e. The molecule has 0 unspecified atom stereocenters. The number of hydrogen-bond donors (Lipinski definition) is 0. The highest BCUT2D eigenvalue weighted by molar-refractivity contribution is 6.12. The van der Waals surface area contributed by atoms with Crippen molar-refractivity contribution >= 4 is 23.2 Å². The molecule has 0 saturated heterocycles. The van der Waals surface area contributed by atoms with Crippen LogP contribution in [0, 0.1) is 0 Å². The predicted molar refractivity (Wildman–Crippen MR) is 90.6 cm³/mol. The standard InChI is InChI=1S/C18H23N3O2/c1-13-12-17(22)21(19-13)16-10-8-14(9-11-16)18(23)20(2)15-6-4-3-5-7-15/h8-11,15H,3-7,12H2,1-2H3. The lowest BCUT2D eigenvalue weighted by Gasteiger charge is -2.31. The fourth-order valence-corrected chi connectivity index (χ4v) is 3.34. The monoisotopic (exact) mass is 313 g/mol. The Morgan fingerprint density at radius 1 is 1.17 bits per heavy atom. The molecule has 23 heavy (non-hydrogen) atoms. The van der Waals surface area contributed by atoms with E-state index in [2.05, 4.69) is 5.10 Å². The molecule has 1 aromatic rings. The van der Waals surface area contributed by atoms with E-state index >= 15 is 0 Å². The number of rotatable bonds is 3. The number of nitrogens with zero attached hydrogens (tertiary/aromatic N) is 3. The van der Waals surface area contributed by atoms with Gasteiger partial charge in [-0.25, -0.2) is 5.01 Å². The summed E-state index contributed by atoms with van der Waals surface area (Å²) in [7, 11) is 1.89. The first-order valence-corrected chi connectivity index (χ1v) is 8.30. The number of amides is 2. The van der Waals surface area contributed by atoms with Crippen LogP contribution in [-0.2, 0) is 4.79 Å². The van der Waals surface area contributed by atoms with E-state index in [0.717, 1.165) is 18.6 Å². The maximum Gasteiger partial charge on any atom is 0.253 e. The van der Waals surface area contributed by atoms with Gasteiger partial charge < -0.3 is 4.90 Å². The molecule has 0 aromatic heterocycles. The van der Waals surface area contributed by atoms with E-state index in [-0.39, 0.29) is 11.8 Å². The zero-order valence-electron chi connectivity index (χ0n) is 13.8. The summed E-state index contributed by atoms with van der Waals surface area (Å²) in [5.74, 6) is 0.0248. The quantitative estimate of drug-likeness (QED) is 0.860. The second-order valence-corrected chi connectivity index (χ2v) is 6.47. The van der Waals surface area contributed by atoms with Crippen LogP contribution in [0.2, 0.25) is 0 Å². The molecule has 0 radical (unpaired) electrons. The van der Waals surface area contributed by atoms with Crippen LogP contribution in [0.3, 0.4) is 0 Å².